The average molecular weight is 438 g/mol. The lowest BCUT2D eigenvalue weighted by Crippen LogP contribution is -2.39. The lowest BCUT2D eigenvalue weighted by molar-refractivity contribution is -0.0227. The number of phenolic OH excluding ortho intramolecular Hbond substituents is 3. The van der Waals surface area contributed by atoms with Gasteiger partial charge in [-0.15, -0.1) is 0 Å². The minimum atomic E-state index is -1.16. The van der Waals surface area contributed by atoms with Gasteiger partial charge in [-0.1, -0.05) is 11.6 Å². The summed E-state index contributed by atoms with van der Waals surface area (Å²) < 4.78 is 11.5. The molecule has 168 valence electrons. The van der Waals surface area contributed by atoms with Crippen LogP contribution in [0.1, 0.15) is 38.8 Å². The zero-order chi connectivity index (χ0) is 23.4. The average Bonchev–Trinajstić information content (AvgIpc) is 3.15. The number of hydrogen-bond donors (Lipinski definition) is 4. The highest BCUT2D eigenvalue weighted by Gasteiger charge is 2.38. The van der Waals surface area contributed by atoms with Crippen molar-refractivity contribution in [3.8, 4) is 34.1 Å². The molecule has 2 heterocycles. The largest absolute Gasteiger partial charge is 0.508 e. The minimum absolute atomic E-state index is 0.0115. The summed E-state index contributed by atoms with van der Waals surface area (Å²) in [6, 6.07) is 4.32. The van der Waals surface area contributed by atoms with Crippen LogP contribution in [-0.2, 0) is 12.8 Å². The zero-order valence-corrected chi connectivity index (χ0v) is 18.4. The monoisotopic (exact) mass is 438 g/mol. The number of aliphatic hydroxyl groups is 1. The molecule has 0 radical (unpaired) electrons. The molecule has 1 aromatic heterocycles. The first kappa shape index (κ1) is 21.8. The maximum atomic E-state index is 13.4. The number of fused-ring (bicyclic) bond motifs is 2. The van der Waals surface area contributed by atoms with Gasteiger partial charge in [0.15, 0.2) is 0 Å². The normalized spacial score (nSPS) is 15.5. The van der Waals surface area contributed by atoms with E-state index in [4.69, 9.17) is 9.15 Å². The van der Waals surface area contributed by atoms with Gasteiger partial charge in [-0.2, -0.15) is 0 Å². The van der Waals surface area contributed by atoms with E-state index in [2.05, 4.69) is 0 Å². The van der Waals surface area contributed by atoms with E-state index in [0.29, 0.717) is 16.9 Å². The Morgan fingerprint density at radius 1 is 1.16 bits per heavy atom. The van der Waals surface area contributed by atoms with Crippen LogP contribution in [0.15, 0.2) is 45.3 Å². The molecule has 0 bridgehead atoms. The molecule has 1 aliphatic rings. The van der Waals surface area contributed by atoms with Crippen molar-refractivity contribution in [2.24, 2.45) is 0 Å². The number of phenols is 3. The van der Waals surface area contributed by atoms with E-state index in [0.717, 1.165) is 5.57 Å². The smallest absolute Gasteiger partial charge is 0.204 e. The first-order chi connectivity index (χ1) is 15.0. The Hall–Kier alpha value is -3.45. The van der Waals surface area contributed by atoms with Crippen molar-refractivity contribution in [1.29, 1.82) is 0 Å². The third-order valence-electron chi connectivity index (χ3n) is 5.80. The molecule has 32 heavy (non-hydrogen) atoms. The summed E-state index contributed by atoms with van der Waals surface area (Å²) >= 11 is 0. The van der Waals surface area contributed by atoms with Crippen molar-refractivity contribution in [3.63, 3.8) is 0 Å². The summed E-state index contributed by atoms with van der Waals surface area (Å²) in [6.45, 7) is 7.02. The number of hydrogen-bond acceptors (Lipinski definition) is 7. The first-order valence-electron chi connectivity index (χ1n) is 10.4. The third-order valence-corrected chi connectivity index (χ3v) is 5.80. The number of aromatic hydroxyl groups is 3. The molecule has 1 atom stereocenters. The van der Waals surface area contributed by atoms with Gasteiger partial charge in [0.25, 0.3) is 0 Å². The Morgan fingerprint density at radius 2 is 1.88 bits per heavy atom. The number of benzene rings is 2. The highest BCUT2D eigenvalue weighted by atomic mass is 16.5. The first-order valence-corrected chi connectivity index (χ1v) is 10.4. The van der Waals surface area contributed by atoms with Gasteiger partial charge in [0.2, 0.25) is 5.43 Å². The molecule has 4 N–H and O–H groups in total. The van der Waals surface area contributed by atoms with Gasteiger partial charge in [0.1, 0.15) is 46.3 Å². The second-order valence-electron chi connectivity index (χ2n) is 8.96. The number of rotatable bonds is 4. The Morgan fingerprint density at radius 3 is 2.53 bits per heavy atom. The highest BCUT2D eigenvalue weighted by molar-refractivity contribution is 5.90. The molecule has 4 rings (SSSR count). The Balaban J connectivity index is 1.91. The van der Waals surface area contributed by atoms with Crippen LogP contribution < -0.4 is 10.2 Å². The predicted octanol–water partition coefficient (Wildman–Crippen LogP) is 4.16. The Labute approximate surface area is 184 Å². The van der Waals surface area contributed by atoms with E-state index in [9.17, 15) is 25.2 Å². The van der Waals surface area contributed by atoms with Crippen LogP contribution in [0.2, 0.25) is 0 Å². The standard InChI is InChI=1S/C25H26O7/c1-12(2)5-6-14-18(27)10-19-21(22(14)28)23(29)16(11-31-19)13-7-8-17(26)15-9-20(25(3,4)30)32-24(13)15/h5,7-8,10-11,20,26-28,30H,6,9H2,1-4H3. The van der Waals surface area contributed by atoms with Crippen LogP contribution in [0.4, 0.5) is 0 Å². The van der Waals surface area contributed by atoms with Crippen molar-refractivity contribution >= 4 is 11.0 Å². The van der Waals surface area contributed by atoms with Crippen molar-refractivity contribution in [1.82, 2.24) is 0 Å². The molecule has 7 heteroatoms. The highest BCUT2D eigenvalue weighted by Crippen LogP contribution is 2.45. The fourth-order valence-electron chi connectivity index (χ4n) is 3.91. The zero-order valence-electron chi connectivity index (χ0n) is 18.4. The Bertz CT molecular complexity index is 1300. The second-order valence-corrected chi connectivity index (χ2v) is 8.96. The van der Waals surface area contributed by atoms with E-state index in [-0.39, 0.29) is 52.2 Å². The SMILES string of the molecule is CC(C)=CCc1c(O)cc2occ(-c3ccc(O)c4c3OC(C(C)(C)O)C4)c(=O)c2c1O. The van der Waals surface area contributed by atoms with Crippen molar-refractivity contribution in [2.75, 3.05) is 0 Å². The van der Waals surface area contributed by atoms with Crippen LogP contribution in [0.3, 0.4) is 0 Å². The quantitative estimate of drug-likeness (QED) is 0.452. The van der Waals surface area contributed by atoms with Gasteiger partial charge >= 0.3 is 0 Å². The van der Waals surface area contributed by atoms with E-state index in [1.54, 1.807) is 19.9 Å². The molecular formula is C25H26O7. The lowest BCUT2D eigenvalue weighted by atomic mass is 9.95. The van der Waals surface area contributed by atoms with E-state index in [1.807, 2.05) is 19.9 Å². The maximum absolute atomic E-state index is 13.4. The van der Waals surface area contributed by atoms with E-state index >= 15 is 0 Å². The van der Waals surface area contributed by atoms with Gasteiger partial charge in [-0.3, -0.25) is 4.79 Å². The van der Waals surface area contributed by atoms with Crippen LogP contribution in [0, 0.1) is 0 Å². The maximum Gasteiger partial charge on any atom is 0.204 e. The summed E-state index contributed by atoms with van der Waals surface area (Å²) in [7, 11) is 0. The molecule has 7 nitrogen and oxygen atoms in total. The molecule has 2 aromatic carbocycles. The van der Waals surface area contributed by atoms with Crippen LogP contribution in [0.25, 0.3) is 22.1 Å². The summed E-state index contributed by atoms with van der Waals surface area (Å²) in [4.78, 5) is 13.4. The summed E-state index contributed by atoms with van der Waals surface area (Å²) in [5.41, 5.74) is 0.657. The molecule has 0 amide bonds. The topological polar surface area (TPSA) is 120 Å². The third kappa shape index (κ3) is 3.58. The van der Waals surface area contributed by atoms with Gasteiger partial charge < -0.3 is 29.6 Å². The Kier molecular flexibility index (Phi) is 5.17. The summed E-state index contributed by atoms with van der Waals surface area (Å²) in [5, 5.41) is 41.8. The van der Waals surface area contributed by atoms with E-state index < -0.39 is 17.1 Å². The van der Waals surface area contributed by atoms with Crippen LogP contribution in [0.5, 0.6) is 23.0 Å². The fourth-order valence-corrected chi connectivity index (χ4v) is 3.91. The molecule has 0 saturated carbocycles. The summed E-state index contributed by atoms with van der Waals surface area (Å²) in [5.74, 6) is -0.187. The molecule has 0 spiro atoms. The molecule has 0 saturated heterocycles. The lowest BCUT2D eigenvalue weighted by Gasteiger charge is -2.24. The van der Waals surface area contributed by atoms with Crippen LogP contribution in [-0.4, -0.2) is 32.1 Å². The van der Waals surface area contributed by atoms with Gasteiger partial charge in [-0.25, -0.2) is 0 Å². The van der Waals surface area contributed by atoms with Gasteiger partial charge in [0.05, 0.1) is 11.2 Å². The van der Waals surface area contributed by atoms with Crippen molar-refractivity contribution in [3.05, 3.63) is 57.5 Å². The molecular weight excluding hydrogens is 412 g/mol. The van der Waals surface area contributed by atoms with Crippen LogP contribution >= 0.6 is 0 Å². The van der Waals surface area contributed by atoms with E-state index in [1.165, 1.54) is 18.4 Å². The minimum Gasteiger partial charge on any atom is -0.508 e. The molecule has 0 aliphatic carbocycles. The summed E-state index contributed by atoms with van der Waals surface area (Å²) in [6.07, 6.45) is 3.02. The van der Waals surface area contributed by atoms with Gasteiger partial charge in [-0.05, 0) is 46.2 Å². The predicted molar refractivity (Wildman–Crippen MR) is 120 cm³/mol. The molecule has 3 aromatic rings. The van der Waals surface area contributed by atoms with Crippen molar-refractivity contribution < 1.29 is 29.6 Å². The molecule has 1 unspecified atom stereocenters. The fraction of sp³-hybridized carbons (Fsp3) is 0.320. The van der Waals surface area contributed by atoms with Gasteiger partial charge in [0, 0.05) is 29.2 Å². The van der Waals surface area contributed by atoms with Crippen molar-refractivity contribution in [2.45, 2.75) is 52.2 Å². The number of ether oxygens (including phenoxy) is 1. The number of allylic oxidation sites excluding steroid dienone is 2. The second kappa shape index (κ2) is 7.60. The molecule has 1 aliphatic heterocycles. The molecule has 0 fully saturated rings.